The van der Waals surface area contributed by atoms with Crippen LogP contribution in [0.1, 0.15) is 34.3 Å². The first-order valence-electron chi connectivity index (χ1n) is 9.04. The van der Waals surface area contributed by atoms with Crippen molar-refractivity contribution in [1.82, 2.24) is 0 Å². The van der Waals surface area contributed by atoms with Crippen LogP contribution in [0.15, 0.2) is 36.4 Å². The van der Waals surface area contributed by atoms with Crippen LogP contribution < -0.4 is 14.4 Å². The largest absolute Gasteiger partial charge is 0.493 e. The SMILES string of the molecule is CCOC(=O)C12c3ccc(OC)c(OC)c3C(=O)N1c1ccccc1C2C(=O)O. The number of rotatable bonds is 5. The van der Waals surface area contributed by atoms with Crippen molar-refractivity contribution in [3.63, 3.8) is 0 Å². The van der Waals surface area contributed by atoms with Gasteiger partial charge in [-0.1, -0.05) is 24.3 Å². The van der Waals surface area contributed by atoms with Gasteiger partial charge in [-0.15, -0.1) is 0 Å². The first-order valence-corrected chi connectivity index (χ1v) is 9.04. The summed E-state index contributed by atoms with van der Waals surface area (Å²) >= 11 is 0. The summed E-state index contributed by atoms with van der Waals surface area (Å²) in [5.41, 5.74) is -0.808. The maximum absolute atomic E-state index is 13.6. The molecule has 29 heavy (non-hydrogen) atoms. The van der Waals surface area contributed by atoms with Crippen LogP contribution in [0, 0.1) is 0 Å². The Morgan fingerprint density at radius 2 is 1.86 bits per heavy atom. The number of hydrogen-bond acceptors (Lipinski definition) is 6. The number of esters is 1. The average Bonchev–Trinajstić information content (AvgIpc) is 3.17. The number of fused-ring (bicyclic) bond motifs is 5. The fraction of sp³-hybridized carbons (Fsp3) is 0.286. The molecule has 0 radical (unpaired) electrons. The highest BCUT2D eigenvalue weighted by molar-refractivity contribution is 6.22. The van der Waals surface area contributed by atoms with E-state index in [1.54, 1.807) is 37.3 Å². The lowest BCUT2D eigenvalue weighted by atomic mass is 9.77. The Bertz CT molecular complexity index is 1050. The molecule has 2 aromatic rings. The molecular weight excluding hydrogens is 378 g/mol. The van der Waals surface area contributed by atoms with Crippen LogP contribution in [0.3, 0.4) is 0 Å². The maximum atomic E-state index is 13.6. The molecule has 2 aliphatic heterocycles. The molecule has 0 saturated heterocycles. The van der Waals surface area contributed by atoms with E-state index in [4.69, 9.17) is 14.2 Å². The molecule has 0 bridgehead atoms. The van der Waals surface area contributed by atoms with Crippen LogP contribution in [0.4, 0.5) is 5.69 Å². The second kappa shape index (κ2) is 6.51. The van der Waals surface area contributed by atoms with Gasteiger partial charge in [0.1, 0.15) is 5.92 Å². The Hall–Kier alpha value is -3.55. The number of para-hydroxylation sites is 1. The third-order valence-corrected chi connectivity index (χ3v) is 5.47. The minimum atomic E-state index is -1.86. The standard InChI is InChI=1S/C21H19NO7/c1-4-29-20(26)21-12-9-10-14(27-2)17(28-3)15(12)18(23)22(21)13-8-6-5-7-11(13)16(21)19(24)25/h5-10,16H,4H2,1-3H3,(H,24,25). The molecule has 4 rings (SSSR count). The fourth-order valence-electron chi connectivity index (χ4n) is 4.47. The van der Waals surface area contributed by atoms with Gasteiger partial charge in [-0.2, -0.15) is 0 Å². The molecule has 2 heterocycles. The third kappa shape index (κ3) is 2.16. The summed E-state index contributed by atoms with van der Waals surface area (Å²) < 4.78 is 16.0. The van der Waals surface area contributed by atoms with Crippen molar-refractivity contribution in [2.45, 2.75) is 18.4 Å². The molecule has 0 spiro atoms. The van der Waals surface area contributed by atoms with Gasteiger partial charge in [0, 0.05) is 11.3 Å². The molecule has 150 valence electrons. The number of carboxylic acid groups (broad SMARTS) is 1. The predicted molar refractivity (Wildman–Crippen MR) is 101 cm³/mol. The smallest absolute Gasteiger partial charge is 0.338 e. The summed E-state index contributed by atoms with van der Waals surface area (Å²) in [4.78, 5) is 40.5. The number of carboxylic acids is 1. The van der Waals surface area contributed by atoms with Gasteiger partial charge in [-0.3, -0.25) is 14.5 Å². The van der Waals surface area contributed by atoms with Crippen molar-refractivity contribution in [1.29, 1.82) is 0 Å². The van der Waals surface area contributed by atoms with E-state index < -0.39 is 29.3 Å². The number of anilines is 1. The molecule has 0 fully saturated rings. The number of carbonyl (C=O) groups is 3. The molecule has 2 aliphatic rings. The number of amides is 1. The number of benzene rings is 2. The number of methoxy groups -OCH3 is 2. The highest BCUT2D eigenvalue weighted by Crippen LogP contribution is 2.60. The summed E-state index contributed by atoms with van der Waals surface area (Å²) in [6.45, 7) is 1.66. The van der Waals surface area contributed by atoms with Gasteiger partial charge in [-0.05, 0) is 24.6 Å². The second-order valence-corrected chi connectivity index (χ2v) is 6.68. The van der Waals surface area contributed by atoms with Crippen LogP contribution in [0.2, 0.25) is 0 Å². The van der Waals surface area contributed by atoms with Gasteiger partial charge in [-0.25, -0.2) is 4.79 Å². The molecular formula is C21H19NO7. The quantitative estimate of drug-likeness (QED) is 0.773. The molecule has 0 aromatic heterocycles. The normalized spacial score (nSPS) is 21.3. The van der Waals surface area contributed by atoms with E-state index in [1.165, 1.54) is 25.2 Å². The molecule has 1 N–H and O–H groups in total. The Labute approximate surface area is 166 Å². The monoisotopic (exact) mass is 397 g/mol. The number of ether oxygens (including phenoxy) is 3. The second-order valence-electron chi connectivity index (χ2n) is 6.68. The average molecular weight is 397 g/mol. The Balaban J connectivity index is 2.12. The molecule has 8 nitrogen and oxygen atoms in total. The highest BCUT2D eigenvalue weighted by atomic mass is 16.5. The minimum Gasteiger partial charge on any atom is -0.493 e. The van der Waals surface area contributed by atoms with E-state index in [9.17, 15) is 19.5 Å². The lowest BCUT2D eigenvalue weighted by Gasteiger charge is -2.33. The number of nitrogens with zero attached hydrogens (tertiary/aromatic N) is 1. The van der Waals surface area contributed by atoms with Gasteiger partial charge in [0.25, 0.3) is 5.91 Å². The maximum Gasteiger partial charge on any atom is 0.338 e. The van der Waals surface area contributed by atoms with Crippen LogP contribution in [-0.4, -0.2) is 43.8 Å². The van der Waals surface area contributed by atoms with Crippen molar-refractivity contribution in [2.75, 3.05) is 25.7 Å². The van der Waals surface area contributed by atoms with Crippen molar-refractivity contribution >= 4 is 23.5 Å². The molecule has 8 heteroatoms. The van der Waals surface area contributed by atoms with Crippen LogP contribution >= 0.6 is 0 Å². The number of aliphatic carboxylic acids is 1. The van der Waals surface area contributed by atoms with Crippen LogP contribution in [0.25, 0.3) is 0 Å². The summed E-state index contributed by atoms with van der Waals surface area (Å²) in [5, 5.41) is 10.1. The zero-order valence-electron chi connectivity index (χ0n) is 16.1. The first kappa shape index (κ1) is 18.8. The van der Waals surface area contributed by atoms with Crippen molar-refractivity contribution in [2.24, 2.45) is 0 Å². The van der Waals surface area contributed by atoms with Crippen LogP contribution in [0.5, 0.6) is 11.5 Å². The molecule has 2 aromatic carbocycles. The van der Waals surface area contributed by atoms with Gasteiger partial charge in [0.05, 0.1) is 26.4 Å². The Morgan fingerprint density at radius 1 is 1.14 bits per heavy atom. The van der Waals surface area contributed by atoms with Gasteiger partial charge < -0.3 is 19.3 Å². The lowest BCUT2D eigenvalue weighted by molar-refractivity contribution is -0.155. The van der Waals surface area contributed by atoms with Gasteiger partial charge in [0.2, 0.25) is 0 Å². The Morgan fingerprint density at radius 3 is 2.48 bits per heavy atom. The zero-order chi connectivity index (χ0) is 20.9. The number of hydrogen-bond donors (Lipinski definition) is 1. The fourth-order valence-corrected chi connectivity index (χ4v) is 4.47. The van der Waals surface area contributed by atoms with Gasteiger partial charge in [0.15, 0.2) is 17.0 Å². The summed E-state index contributed by atoms with van der Waals surface area (Å²) in [6, 6.07) is 9.69. The zero-order valence-corrected chi connectivity index (χ0v) is 16.1. The van der Waals surface area contributed by atoms with Gasteiger partial charge >= 0.3 is 11.9 Å². The topological polar surface area (TPSA) is 102 Å². The minimum absolute atomic E-state index is 0.0356. The van der Waals surface area contributed by atoms with E-state index in [0.717, 1.165) is 0 Å². The van der Waals surface area contributed by atoms with Crippen molar-refractivity contribution in [3.05, 3.63) is 53.1 Å². The van der Waals surface area contributed by atoms with Crippen molar-refractivity contribution in [3.8, 4) is 11.5 Å². The number of carbonyl (C=O) groups excluding carboxylic acids is 2. The van der Waals surface area contributed by atoms with E-state index >= 15 is 0 Å². The molecule has 2 atom stereocenters. The van der Waals surface area contributed by atoms with Crippen molar-refractivity contribution < 1.29 is 33.7 Å². The third-order valence-electron chi connectivity index (χ3n) is 5.47. The van der Waals surface area contributed by atoms with Crippen LogP contribution in [-0.2, 0) is 19.9 Å². The van der Waals surface area contributed by atoms with E-state index in [0.29, 0.717) is 17.0 Å². The summed E-state index contributed by atoms with van der Waals surface area (Å²) in [5.74, 6) is -3.46. The summed E-state index contributed by atoms with van der Waals surface area (Å²) in [6.07, 6.45) is 0. The highest BCUT2D eigenvalue weighted by Gasteiger charge is 2.69. The summed E-state index contributed by atoms with van der Waals surface area (Å²) in [7, 11) is 2.82. The molecule has 1 amide bonds. The molecule has 0 saturated carbocycles. The lowest BCUT2D eigenvalue weighted by Crippen LogP contribution is -2.52. The van der Waals surface area contributed by atoms with E-state index in [1.807, 2.05) is 0 Å². The molecule has 0 aliphatic carbocycles. The first-order chi connectivity index (χ1) is 13.9. The van der Waals surface area contributed by atoms with E-state index in [-0.39, 0.29) is 23.5 Å². The molecule has 2 unspecified atom stereocenters. The van der Waals surface area contributed by atoms with E-state index in [2.05, 4.69) is 0 Å². The predicted octanol–water partition coefficient (Wildman–Crippen LogP) is 2.30. The Kier molecular flexibility index (Phi) is 4.22.